The lowest BCUT2D eigenvalue weighted by atomic mass is 9.95. The number of methoxy groups -OCH3 is 1. The zero-order chi connectivity index (χ0) is 19.6. The van der Waals surface area contributed by atoms with Crippen molar-refractivity contribution in [3.63, 3.8) is 0 Å². The van der Waals surface area contributed by atoms with E-state index >= 15 is 0 Å². The Morgan fingerprint density at radius 3 is 2.62 bits per heavy atom. The number of halogens is 1. The van der Waals surface area contributed by atoms with Crippen molar-refractivity contribution in [2.24, 2.45) is 0 Å². The Kier molecular flexibility index (Phi) is 9.74. The van der Waals surface area contributed by atoms with Crippen molar-refractivity contribution in [3.8, 4) is 11.5 Å². The van der Waals surface area contributed by atoms with E-state index in [4.69, 9.17) is 9.47 Å². The average Bonchev–Trinajstić information content (AvgIpc) is 2.74. The first-order valence-electron chi connectivity index (χ1n) is 9.93. The van der Waals surface area contributed by atoms with Gasteiger partial charge in [-0.15, -0.1) is 12.4 Å². The number of carbonyl (C=O) groups is 1. The van der Waals surface area contributed by atoms with Crippen LogP contribution in [-0.2, 0) is 17.9 Å². The molecule has 1 aliphatic carbocycles. The van der Waals surface area contributed by atoms with Gasteiger partial charge in [0.25, 0.3) is 5.91 Å². The van der Waals surface area contributed by atoms with Crippen LogP contribution in [0.1, 0.15) is 43.2 Å². The molecule has 6 nitrogen and oxygen atoms in total. The predicted molar refractivity (Wildman–Crippen MR) is 116 cm³/mol. The van der Waals surface area contributed by atoms with Crippen molar-refractivity contribution in [1.82, 2.24) is 15.6 Å². The molecular formula is C22H30ClN3O3. The lowest BCUT2D eigenvalue weighted by Gasteiger charge is -2.22. The van der Waals surface area contributed by atoms with Gasteiger partial charge in [0.1, 0.15) is 0 Å². The Labute approximate surface area is 178 Å². The van der Waals surface area contributed by atoms with E-state index in [-0.39, 0.29) is 24.9 Å². The second-order valence-corrected chi connectivity index (χ2v) is 7.14. The fourth-order valence-electron chi connectivity index (χ4n) is 3.45. The Morgan fingerprint density at radius 1 is 1.10 bits per heavy atom. The quantitative estimate of drug-likeness (QED) is 0.649. The Hall–Kier alpha value is -2.31. The molecule has 0 atom stereocenters. The normalized spacial score (nSPS) is 14.0. The molecule has 1 aromatic carbocycles. The topological polar surface area (TPSA) is 72.5 Å². The molecule has 1 fully saturated rings. The lowest BCUT2D eigenvalue weighted by Crippen LogP contribution is -2.39. The summed E-state index contributed by atoms with van der Waals surface area (Å²) >= 11 is 0. The molecule has 158 valence electrons. The Morgan fingerprint density at radius 2 is 1.90 bits per heavy atom. The third-order valence-electron chi connectivity index (χ3n) is 4.94. The summed E-state index contributed by atoms with van der Waals surface area (Å²) in [7, 11) is 1.61. The van der Waals surface area contributed by atoms with Crippen LogP contribution in [0.25, 0.3) is 0 Å². The number of rotatable bonds is 9. The molecular weight excluding hydrogens is 390 g/mol. The molecule has 0 bridgehead atoms. The number of ether oxygens (including phenoxy) is 2. The fourth-order valence-corrected chi connectivity index (χ4v) is 3.45. The molecule has 1 heterocycles. The summed E-state index contributed by atoms with van der Waals surface area (Å²) in [4.78, 5) is 16.2. The van der Waals surface area contributed by atoms with Gasteiger partial charge in [-0.25, -0.2) is 0 Å². The van der Waals surface area contributed by atoms with Crippen LogP contribution in [0.3, 0.4) is 0 Å². The van der Waals surface area contributed by atoms with E-state index in [1.54, 1.807) is 13.3 Å². The number of aromatic nitrogens is 1. The Bertz CT molecular complexity index is 752. The molecule has 2 N–H and O–H groups in total. The van der Waals surface area contributed by atoms with Gasteiger partial charge in [-0.05, 0) is 42.2 Å². The van der Waals surface area contributed by atoms with Gasteiger partial charge in [0.15, 0.2) is 18.1 Å². The highest BCUT2D eigenvalue weighted by Gasteiger charge is 2.16. The number of carbonyl (C=O) groups excluding carboxylic acids is 1. The number of hydrogen-bond acceptors (Lipinski definition) is 5. The van der Waals surface area contributed by atoms with Gasteiger partial charge in [-0.1, -0.05) is 31.4 Å². The van der Waals surface area contributed by atoms with E-state index in [0.29, 0.717) is 24.1 Å². The van der Waals surface area contributed by atoms with Gasteiger partial charge in [0.2, 0.25) is 0 Å². The molecule has 1 aliphatic rings. The molecule has 0 aliphatic heterocycles. The number of hydrogen-bond donors (Lipinski definition) is 2. The van der Waals surface area contributed by atoms with Crippen molar-refractivity contribution < 1.29 is 14.3 Å². The van der Waals surface area contributed by atoms with Crippen molar-refractivity contribution in [1.29, 1.82) is 0 Å². The molecule has 29 heavy (non-hydrogen) atoms. The van der Waals surface area contributed by atoms with Crippen LogP contribution in [0.5, 0.6) is 11.5 Å². The molecule has 1 amide bonds. The minimum absolute atomic E-state index is 0. The van der Waals surface area contributed by atoms with Crippen LogP contribution in [0, 0.1) is 0 Å². The van der Waals surface area contributed by atoms with Crippen molar-refractivity contribution in [2.45, 2.75) is 51.2 Å². The standard InChI is InChI=1S/C22H29N3O3.ClH/c1-27-21-12-17(13-24-15-18-6-5-11-23-14-18)9-10-20(21)28-16-22(26)25-19-7-3-2-4-8-19;/h5-6,9-12,14,19,24H,2-4,7-8,13,15-16H2,1H3,(H,25,26);1H. The second-order valence-electron chi connectivity index (χ2n) is 7.14. The van der Waals surface area contributed by atoms with E-state index in [1.165, 1.54) is 19.3 Å². The van der Waals surface area contributed by atoms with Crippen LogP contribution in [-0.4, -0.2) is 30.6 Å². The summed E-state index contributed by atoms with van der Waals surface area (Å²) in [6.07, 6.45) is 9.40. The van der Waals surface area contributed by atoms with Crippen molar-refractivity contribution in [3.05, 3.63) is 53.9 Å². The molecule has 1 aromatic heterocycles. The predicted octanol–water partition coefficient (Wildman–Crippen LogP) is 3.63. The van der Waals surface area contributed by atoms with Gasteiger partial charge in [-0.2, -0.15) is 0 Å². The molecule has 0 saturated heterocycles. The molecule has 0 radical (unpaired) electrons. The van der Waals surface area contributed by atoms with Crippen LogP contribution in [0.4, 0.5) is 0 Å². The third kappa shape index (κ3) is 7.55. The van der Waals surface area contributed by atoms with Gasteiger partial charge in [0.05, 0.1) is 7.11 Å². The second kappa shape index (κ2) is 12.3. The molecule has 0 spiro atoms. The largest absolute Gasteiger partial charge is 0.493 e. The summed E-state index contributed by atoms with van der Waals surface area (Å²) in [5, 5.41) is 6.45. The smallest absolute Gasteiger partial charge is 0.258 e. The van der Waals surface area contributed by atoms with Gasteiger partial charge in [0, 0.05) is 31.5 Å². The summed E-state index contributed by atoms with van der Waals surface area (Å²) in [5.74, 6) is 1.14. The molecule has 7 heteroatoms. The van der Waals surface area contributed by atoms with Crippen molar-refractivity contribution >= 4 is 18.3 Å². The number of pyridine rings is 1. The Balaban J connectivity index is 0.00000300. The summed E-state index contributed by atoms with van der Waals surface area (Å²) < 4.78 is 11.1. The third-order valence-corrected chi connectivity index (χ3v) is 4.94. The molecule has 3 rings (SSSR count). The summed E-state index contributed by atoms with van der Waals surface area (Å²) in [6.45, 7) is 1.45. The average molecular weight is 420 g/mol. The van der Waals surface area contributed by atoms with Gasteiger partial charge >= 0.3 is 0 Å². The first-order valence-corrected chi connectivity index (χ1v) is 9.93. The fraction of sp³-hybridized carbons (Fsp3) is 0.455. The maximum Gasteiger partial charge on any atom is 0.258 e. The van der Waals surface area contributed by atoms with E-state index in [9.17, 15) is 4.79 Å². The van der Waals surface area contributed by atoms with Crippen LogP contribution >= 0.6 is 12.4 Å². The minimum atomic E-state index is -0.0730. The highest BCUT2D eigenvalue weighted by molar-refractivity contribution is 5.85. The highest BCUT2D eigenvalue weighted by Crippen LogP contribution is 2.28. The van der Waals surface area contributed by atoms with Crippen LogP contribution in [0.15, 0.2) is 42.7 Å². The summed E-state index contributed by atoms with van der Waals surface area (Å²) in [5.41, 5.74) is 2.22. The van der Waals surface area contributed by atoms with Crippen molar-refractivity contribution in [2.75, 3.05) is 13.7 Å². The minimum Gasteiger partial charge on any atom is -0.493 e. The van der Waals surface area contributed by atoms with E-state index in [2.05, 4.69) is 15.6 Å². The van der Waals surface area contributed by atoms with E-state index in [1.807, 2.05) is 36.5 Å². The van der Waals surface area contributed by atoms with E-state index < -0.39 is 0 Å². The zero-order valence-corrected chi connectivity index (χ0v) is 17.7. The maximum absolute atomic E-state index is 12.1. The molecule has 0 unspecified atom stereocenters. The maximum atomic E-state index is 12.1. The highest BCUT2D eigenvalue weighted by atomic mass is 35.5. The van der Waals surface area contributed by atoms with Gasteiger partial charge in [-0.3, -0.25) is 9.78 Å². The van der Waals surface area contributed by atoms with Gasteiger partial charge < -0.3 is 20.1 Å². The first-order chi connectivity index (χ1) is 13.7. The van der Waals surface area contributed by atoms with Crippen LogP contribution < -0.4 is 20.1 Å². The molecule has 1 saturated carbocycles. The van der Waals surface area contributed by atoms with E-state index in [0.717, 1.165) is 30.5 Å². The molecule has 2 aromatic rings. The monoisotopic (exact) mass is 419 g/mol. The first kappa shape index (κ1) is 23.0. The number of amides is 1. The number of benzene rings is 1. The summed E-state index contributed by atoms with van der Waals surface area (Å²) in [6, 6.07) is 10.0. The zero-order valence-electron chi connectivity index (χ0n) is 16.9. The number of nitrogens with zero attached hydrogens (tertiary/aromatic N) is 1. The lowest BCUT2D eigenvalue weighted by molar-refractivity contribution is -0.124. The van der Waals surface area contributed by atoms with Crippen LogP contribution in [0.2, 0.25) is 0 Å². The SMILES string of the molecule is COc1cc(CNCc2cccnc2)ccc1OCC(=O)NC1CCCCC1.Cl. The number of nitrogens with one attached hydrogen (secondary N) is 2.